The number of carbonyl (C=O) groups is 1. The molecule has 4 rings (SSSR count). The Hall–Kier alpha value is -2.72. The SMILES string of the molecule is CC(C)COc1cc(F)cc(-c2ccc(C(=O)NS(=O)(=O)C[C@@H]3CCCNC3)c(N3C[C@@H](C)CC3(C)C)n2)c1. The molecule has 2 saturated heterocycles. The fourth-order valence-corrected chi connectivity index (χ4v) is 7.00. The van der Waals surface area contributed by atoms with E-state index >= 15 is 0 Å². The molecule has 2 aliphatic rings. The summed E-state index contributed by atoms with van der Waals surface area (Å²) in [7, 11) is -3.85. The summed E-state index contributed by atoms with van der Waals surface area (Å²) in [5.74, 6) is 0.130. The van der Waals surface area contributed by atoms with Gasteiger partial charge in [0.25, 0.3) is 5.91 Å². The van der Waals surface area contributed by atoms with Crippen molar-refractivity contribution in [2.45, 2.75) is 59.4 Å². The van der Waals surface area contributed by atoms with E-state index in [0.717, 1.165) is 25.8 Å². The van der Waals surface area contributed by atoms with Gasteiger partial charge in [0.05, 0.1) is 23.6 Å². The number of hydrogen-bond acceptors (Lipinski definition) is 7. The number of anilines is 1. The second kappa shape index (κ2) is 11.8. The predicted octanol–water partition coefficient (Wildman–Crippen LogP) is 4.61. The molecule has 2 fully saturated rings. The first-order chi connectivity index (χ1) is 18.3. The molecule has 0 unspecified atom stereocenters. The fraction of sp³-hybridized carbons (Fsp3) is 0.586. The van der Waals surface area contributed by atoms with Gasteiger partial charge in [-0.2, -0.15) is 0 Å². The smallest absolute Gasteiger partial charge is 0.268 e. The number of aromatic nitrogens is 1. The summed E-state index contributed by atoms with van der Waals surface area (Å²) in [4.78, 5) is 20.3. The van der Waals surface area contributed by atoms with Crippen LogP contribution >= 0.6 is 0 Å². The van der Waals surface area contributed by atoms with Gasteiger partial charge in [0.15, 0.2) is 0 Å². The van der Waals surface area contributed by atoms with Gasteiger partial charge in [-0.15, -0.1) is 0 Å². The number of rotatable bonds is 9. The maximum atomic E-state index is 14.5. The number of sulfonamides is 1. The molecule has 39 heavy (non-hydrogen) atoms. The Balaban J connectivity index is 1.68. The molecule has 1 aromatic carbocycles. The Morgan fingerprint density at radius 1 is 1.28 bits per heavy atom. The minimum Gasteiger partial charge on any atom is -0.493 e. The van der Waals surface area contributed by atoms with Crippen molar-refractivity contribution in [3.8, 4) is 17.0 Å². The molecule has 0 saturated carbocycles. The van der Waals surface area contributed by atoms with Crippen LogP contribution in [0.15, 0.2) is 30.3 Å². The largest absolute Gasteiger partial charge is 0.493 e. The summed E-state index contributed by atoms with van der Waals surface area (Å²) in [6.45, 7) is 12.9. The predicted molar refractivity (Wildman–Crippen MR) is 152 cm³/mol. The first kappa shape index (κ1) is 29.3. The lowest BCUT2D eigenvalue weighted by molar-refractivity contribution is 0.0981. The standard InChI is InChI=1S/C29H41FN4O4S/c1-19(2)17-38-24-12-22(11-23(30)13-24)26-9-8-25(27(32-26)34-16-20(3)14-29(34,4)5)28(35)33-39(36,37)18-21-7-6-10-31-15-21/h8-9,11-13,19-21,31H,6-7,10,14-18H2,1-5H3,(H,33,35)/t20-,21+/m0/s1. The van der Waals surface area contributed by atoms with Gasteiger partial charge in [-0.1, -0.05) is 20.8 Å². The number of amides is 1. The molecule has 2 aliphatic heterocycles. The summed E-state index contributed by atoms with van der Waals surface area (Å²) in [6.07, 6.45) is 2.61. The highest BCUT2D eigenvalue weighted by Gasteiger charge is 2.39. The van der Waals surface area contributed by atoms with Gasteiger partial charge in [0.2, 0.25) is 10.0 Å². The first-order valence-electron chi connectivity index (χ1n) is 13.8. The van der Waals surface area contributed by atoms with Crippen molar-refractivity contribution in [2.24, 2.45) is 17.8 Å². The average molecular weight is 561 g/mol. The molecule has 0 radical (unpaired) electrons. The number of hydrogen-bond donors (Lipinski definition) is 2. The van der Waals surface area contributed by atoms with E-state index in [2.05, 4.69) is 35.7 Å². The maximum absolute atomic E-state index is 14.5. The molecule has 2 N–H and O–H groups in total. The molecule has 10 heteroatoms. The molecule has 0 aliphatic carbocycles. The van der Waals surface area contributed by atoms with Gasteiger partial charge in [-0.25, -0.2) is 22.5 Å². The Morgan fingerprint density at radius 2 is 2.05 bits per heavy atom. The first-order valence-corrected chi connectivity index (χ1v) is 15.5. The summed E-state index contributed by atoms with van der Waals surface area (Å²) in [6, 6.07) is 7.67. The minimum atomic E-state index is -3.85. The molecule has 1 amide bonds. The number of ether oxygens (including phenoxy) is 1. The number of carbonyl (C=O) groups excluding carboxylic acids is 1. The van der Waals surface area contributed by atoms with Crippen LogP contribution in [0.5, 0.6) is 5.75 Å². The molecular weight excluding hydrogens is 519 g/mol. The molecule has 2 aromatic rings. The molecule has 2 atom stereocenters. The molecule has 1 aromatic heterocycles. The van der Waals surface area contributed by atoms with E-state index in [1.165, 1.54) is 12.1 Å². The molecule has 0 bridgehead atoms. The van der Waals surface area contributed by atoms with Gasteiger partial charge < -0.3 is 15.0 Å². The van der Waals surface area contributed by atoms with Crippen LogP contribution in [0.4, 0.5) is 10.2 Å². The van der Waals surface area contributed by atoms with Crippen molar-refractivity contribution in [1.29, 1.82) is 0 Å². The van der Waals surface area contributed by atoms with Gasteiger partial charge in [-0.3, -0.25) is 4.79 Å². The van der Waals surface area contributed by atoms with Crippen LogP contribution in [0.2, 0.25) is 0 Å². The Labute approximate surface area is 231 Å². The zero-order valence-electron chi connectivity index (χ0n) is 23.6. The number of nitrogens with one attached hydrogen (secondary N) is 2. The van der Waals surface area contributed by atoms with Crippen molar-refractivity contribution in [3.05, 3.63) is 41.7 Å². The molecule has 8 nitrogen and oxygen atoms in total. The van der Waals surface area contributed by atoms with Crippen LogP contribution < -0.4 is 19.7 Å². The van der Waals surface area contributed by atoms with Crippen molar-refractivity contribution in [3.63, 3.8) is 0 Å². The van der Waals surface area contributed by atoms with Crippen LogP contribution in [0.1, 0.15) is 64.2 Å². The highest BCUT2D eigenvalue weighted by Crippen LogP contribution is 2.38. The van der Waals surface area contributed by atoms with Crippen LogP contribution in [-0.4, -0.2) is 56.8 Å². The summed E-state index contributed by atoms with van der Waals surface area (Å²) >= 11 is 0. The number of benzene rings is 1. The minimum absolute atomic E-state index is 0.0394. The van der Waals surface area contributed by atoms with Gasteiger partial charge in [0.1, 0.15) is 17.4 Å². The van der Waals surface area contributed by atoms with Crippen LogP contribution in [0.3, 0.4) is 0 Å². The van der Waals surface area contributed by atoms with E-state index < -0.39 is 21.7 Å². The third kappa shape index (κ3) is 7.48. The lowest BCUT2D eigenvalue weighted by Crippen LogP contribution is -2.42. The molecular formula is C29H41FN4O4S. The Morgan fingerprint density at radius 3 is 2.69 bits per heavy atom. The normalized spacial score (nSPS) is 21.3. The highest BCUT2D eigenvalue weighted by atomic mass is 32.2. The lowest BCUT2D eigenvalue weighted by atomic mass is 9.97. The molecule has 3 heterocycles. The molecule has 0 spiro atoms. The quantitative estimate of drug-likeness (QED) is 0.462. The zero-order chi connectivity index (χ0) is 28.4. The number of halogens is 1. The Bertz CT molecular complexity index is 1290. The van der Waals surface area contributed by atoms with Crippen molar-refractivity contribution in [1.82, 2.24) is 15.0 Å². The van der Waals surface area contributed by atoms with E-state index in [-0.39, 0.29) is 28.7 Å². The van der Waals surface area contributed by atoms with Crippen molar-refractivity contribution < 1.29 is 22.3 Å². The molecule has 214 valence electrons. The summed E-state index contributed by atoms with van der Waals surface area (Å²) in [5, 5.41) is 3.22. The zero-order valence-corrected chi connectivity index (χ0v) is 24.4. The third-order valence-corrected chi connectivity index (χ3v) is 8.71. The van der Waals surface area contributed by atoms with E-state index in [0.29, 0.717) is 48.4 Å². The van der Waals surface area contributed by atoms with E-state index in [9.17, 15) is 17.6 Å². The average Bonchev–Trinajstić information content (AvgIpc) is 3.13. The second-order valence-corrected chi connectivity index (χ2v) is 13.9. The van der Waals surface area contributed by atoms with E-state index in [1.807, 2.05) is 13.8 Å². The summed E-state index contributed by atoms with van der Waals surface area (Å²) < 4.78 is 48.4. The fourth-order valence-electron chi connectivity index (χ4n) is 5.62. The number of piperidine rings is 1. The highest BCUT2D eigenvalue weighted by molar-refractivity contribution is 7.90. The second-order valence-electron chi connectivity index (χ2n) is 12.1. The third-order valence-electron chi connectivity index (χ3n) is 7.30. The van der Waals surface area contributed by atoms with Gasteiger partial charge in [0, 0.05) is 23.7 Å². The van der Waals surface area contributed by atoms with E-state index in [4.69, 9.17) is 9.72 Å². The Kier molecular flexibility index (Phi) is 8.85. The number of pyridine rings is 1. The summed E-state index contributed by atoms with van der Waals surface area (Å²) in [5.41, 5.74) is 0.866. The van der Waals surface area contributed by atoms with Crippen molar-refractivity contribution >= 4 is 21.7 Å². The topological polar surface area (TPSA) is 101 Å². The van der Waals surface area contributed by atoms with Crippen LogP contribution in [0, 0.1) is 23.6 Å². The van der Waals surface area contributed by atoms with Gasteiger partial charge in [-0.05, 0) is 88.2 Å². The lowest BCUT2D eigenvalue weighted by Gasteiger charge is -2.34. The maximum Gasteiger partial charge on any atom is 0.268 e. The van der Waals surface area contributed by atoms with Crippen molar-refractivity contribution in [2.75, 3.05) is 36.9 Å². The monoisotopic (exact) mass is 560 g/mol. The number of nitrogens with zero attached hydrogens (tertiary/aromatic N) is 2. The van der Waals surface area contributed by atoms with Crippen LogP contribution in [-0.2, 0) is 10.0 Å². The van der Waals surface area contributed by atoms with Crippen LogP contribution in [0.25, 0.3) is 11.3 Å². The van der Waals surface area contributed by atoms with Gasteiger partial charge >= 0.3 is 0 Å². The van der Waals surface area contributed by atoms with E-state index in [1.54, 1.807) is 18.2 Å².